The normalized spacial score (nSPS) is 9.77. The highest BCUT2D eigenvalue weighted by atomic mass is 35.5. The molecule has 116 valence electrons. The minimum atomic E-state index is -0.608. The van der Waals surface area contributed by atoms with Gasteiger partial charge in [-0.2, -0.15) is 5.26 Å². The van der Waals surface area contributed by atoms with E-state index in [-0.39, 0.29) is 22.0 Å². The van der Waals surface area contributed by atoms with Crippen LogP contribution in [-0.2, 0) is 0 Å². The maximum absolute atomic E-state index is 12.5. The predicted molar refractivity (Wildman–Crippen MR) is 89.9 cm³/mol. The average Bonchev–Trinajstić information content (AvgIpc) is 2.51. The Labute approximate surface area is 141 Å². The van der Waals surface area contributed by atoms with Crippen molar-refractivity contribution < 1.29 is 9.72 Å². The zero-order valence-corrected chi connectivity index (χ0v) is 14.4. The largest absolute Gasteiger partial charge is 0.301 e. The number of carbonyl (C=O) groups is 1. The number of hydrogen-bond donors (Lipinski definition) is 0. The molecule has 9 heteroatoms. The Kier molecular flexibility index (Phi) is 6.74. The van der Waals surface area contributed by atoms with Crippen molar-refractivity contribution in [3.8, 4) is 6.07 Å². The minimum Gasteiger partial charge on any atom is -0.301 e. The lowest BCUT2D eigenvalue weighted by Crippen LogP contribution is -2.26. The molecule has 22 heavy (non-hydrogen) atoms. The second kappa shape index (κ2) is 8.08. The third kappa shape index (κ3) is 3.94. The number of nitrogens with zero attached hydrogens (tertiary/aromatic N) is 3. The van der Waals surface area contributed by atoms with E-state index in [1.54, 1.807) is 12.5 Å². The molecule has 1 aromatic carbocycles. The second-order valence-corrected chi connectivity index (χ2v) is 6.24. The number of thioether (sulfide) groups is 2. The summed E-state index contributed by atoms with van der Waals surface area (Å²) < 4.78 is 0.667. The quantitative estimate of drug-likeness (QED) is 0.453. The van der Waals surface area contributed by atoms with Crippen molar-refractivity contribution in [2.75, 3.05) is 19.6 Å². The van der Waals surface area contributed by atoms with Crippen molar-refractivity contribution in [2.45, 2.75) is 0 Å². The number of nitriles is 1. The zero-order chi connectivity index (χ0) is 16.9. The van der Waals surface area contributed by atoms with Gasteiger partial charge in [0.1, 0.15) is 11.8 Å². The number of benzene rings is 1. The third-order valence-electron chi connectivity index (χ3n) is 2.70. The van der Waals surface area contributed by atoms with Crippen LogP contribution >= 0.6 is 35.1 Å². The topological polar surface area (TPSA) is 87.2 Å². The lowest BCUT2D eigenvalue weighted by molar-refractivity contribution is -0.384. The van der Waals surface area contributed by atoms with Crippen LogP contribution in [0, 0.1) is 21.4 Å². The van der Waals surface area contributed by atoms with E-state index < -0.39 is 10.8 Å². The first-order valence-electron chi connectivity index (χ1n) is 5.81. The maximum Gasteiger partial charge on any atom is 0.270 e. The third-order valence-corrected chi connectivity index (χ3v) is 5.16. The minimum absolute atomic E-state index is 0.0207. The van der Waals surface area contributed by atoms with E-state index in [0.717, 1.165) is 11.0 Å². The molecule has 1 aromatic rings. The van der Waals surface area contributed by atoms with E-state index in [9.17, 15) is 20.2 Å². The smallest absolute Gasteiger partial charge is 0.270 e. The van der Waals surface area contributed by atoms with Gasteiger partial charge in [0.05, 0.1) is 19.7 Å². The van der Waals surface area contributed by atoms with Crippen molar-refractivity contribution in [2.24, 2.45) is 0 Å². The van der Waals surface area contributed by atoms with Gasteiger partial charge in [-0.3, -0.25) is 14.9 Å². The Morgan fingerprint density at radius 1 is 1.41 bits per heavy atom. The number of carbonyl (C=O) groups excluding carboxylic acids is 1. The molecular formula is C13H12ClN3O3S2. The molecule has 0 saturated heterocycles. The lowest BCUT2D eigenvalue weighted by Gasteiger charge is -2.18. The van der Waals surface area contributed by atoms with Crippen LogP contribution in [0.3, 0.4) is 0 Å². The lowest BCUT2D eigenvalue weighted by atomic mass is 10.1. The Hall–Kier alpha value is -1.69. The molecule has 6 nitrogen and oxygen atoms in total. The van der Waals surface area contributed by atoms with Crippen LogP contribution in [0.2, 0.25) is 5.02 Å². The molecule has 0 radical (unpaired) electrons. The van der Waals surface area contributed by atoms with Gasteiger partial charge in [0.25, 0.3) is 11.6 Å². The second-order valence-electron chi connectivity index (χ2n) is 3.94. The molecule has 1 amide bonds. The molecule has 0 spiro atoms. The number of amides is 1. The van der Waals surface area contributed by atoms with Gasteiger partial charge >= 0.3 is 0 Å². The molecule has 0 N–H and O–H groups in total. The summed E-state index contributed by atoms with van der Waals surface area (Å²) in [6.07, 6.45) is 3.59. The number of hydrogen-bond acceptors (Lipinski definition) is 6. The molecule has 0 heterocycles. The molecule has 0 aliphatic heterocycles. The van der Waals surface area contributed by atoms with Gasteiger partial charge in [0, 0.05) is 19.2 Å². The first-order valence-corrected chi connectivity index (χ1v) is 8.64. The van der Waals surface area contributed by atoms with Crippen LogP contribution in [0.1, 0.15) is 10.4 Å². The van der Waals surface area contributed by atoms with Crippen LogP contribution in [-0.4, -0.2) is 35.3 Å². The Bertz CT molecular complexity index is 680. The van der Waals surface area contributed by atoms with Crippen molar-refractivity contribution in [1.29, 1.82) is 5.26 Å². The molecule has 0 unspecified atom stereocenters. The molecule has 0 fully saturated rings. The summed E-state index contributed by atoms with van der Waals surface area (Å²) in [5.41, 5.74) is -0.0844. The van der Waals surface area contributed by atoms with E-state index in [1.165, 1.54) is 42.7 Å². The summed E-state index contributed by atoms with van der Waals surface area (Å²) in [5.74, 6) is -0.578. The van der Waals surface area contributed by atoms with Crippen molar-refractivity contribution in [3.63, 3.8) is 0 Å². The highest BCUT2D eigenvalue weighted by Gasteiger charge is 2.23. The maximum atomic E-state index is 12.5. The predicted octanol–water partition coefficient (Wildman–Crippen LogP) is 3.74. The van der Waals surface area contributed by atoms with Gasteiger partial charge in [-0.1, -0.05) is 11.6 Å². The van der Waals surface area contributed by atoms with Crippen molar-refractivity contribution in [3.05, 3.63) is 48.8 Å². The number of halogens is 1. The molecule has 0 atom stereocenters. The Balaban J connectivity index is 3.32. The zero-order valence-electron chi connectivity index (χ0n) is 12.0. The fourth-order valence-corrected chi connectivity index (χ4v) is 3.22. The average molecular weight is 358 g/mol. The molecule has 0 aliphatic carbocycles. The Morgan fingerprint density at radius 3 is 2.45 bits per heavy atom. The first-order chi connectivity index (χ1) is 10.4. The van der Waals surface area contributed by atoms with Gasteiger partial charge in [-0.15, -0.1) is 23.5 Å². The van der Waals surface area contributed by atoms with Gasteiger partial charge in [0.2, 0.25) is 0 Å². The van der Waals surface area contributed by atoms with Crippen LogP contribution in [0.4, 0.5) is 5.69 Å². The molecule has 1 rings (SSSR count). The van der Waals surface area contributed by atoms with E-state index in [0.29, 0.717) is 4.24 Å². The summed E-state index contributed by atoms with van der Waals surface area (Å²) in [6, 6.07) is 5.59. The van der Waals surface area contributed by atoms with Gasteiger partial charge in [-0.25, -0.2) is 0 Å². The van der Waals surface area contributed by atoms with Crippen LogP contribution in [0.25, 0.3) is 0 Å². The summed E-state index contributed by atoms with van der Waals surface area (Å²) >= 11 is 8.64. The van der Waals surface area contributed by atoms with E-state index >= 15 is 0 Å². The summed E-state index contributed by atoms with van der Waals surface area (Å²) in [7, 11) is 1.43. The number of allylic oxidation sites excluding steroid dienone is 1. The molecular weight excluding hydrogens is 346 g/mol. The fraction of sp³-hybridized carbons (Fsp3) is 0.231. The monoisotopic (exact) mass is 357 g/mol. The fourth-order valence-electron chi connectivity index (χ4n) is 1.61. The Morgan fingerprint density at radius 2 is 2.00 bits per heavy atom. The molecule has 0 bridgehead atoms. The van der Waals surface area contributed by atoms with Crippen LogP contribution in [0.15, 0.2) is 28.1 Å². The number of rotatable bonds is 5. The van der Waals surface area contributed by atoms with Gasteiger partial charge in [0.15, 0.2) is 0 Å². The first kappa shape index (κ1) is 18.4. The summed E-state index contributed by atoms with van der Waals surface area (Å²) in [6.45, 7) is 0. The molecule has 0 aliphatic rings. The number of nitro benzene ring substituents is 1. The van der Waals surface area contributed by atoms with Gasteiger partial charge in [-0.05, 0) is 18.6 Å². The SMILES string of the molecule is CSC(SC)=C(C#N)N(C)C(=O)c1cc([N+](=O)[O-])ccc1Cl. The van der Waals surface area contributed by atoms with Crippen molar-refractivity contribution >= 4 is 46.7 Å². The van der Waals surface area contributed by atoms with E-state index in [2.05, 4.69) is 0 Å². The standard InChI is InChI=1S/C13H12ClN3O3S2/c1-16(11(7-15)13(21-2)22-3)12(18)9-6-8(17(19)20)4-5-10(9)14/h4-6H,1-3H3. The van der Waals surface area contributed by atoms with Gasteiger partial charge < -0.3 is 4.90 Å². The highest BCUT2D eigenvalue weighted by molar-refractivity contribution is 8.21. The molecule has 0 aromatic heterocycles. The van der Waals surface area contributed by atoms with Crippen molar-refractivity contribution in [1.82, 2.24) is 4.90 Å². The summed E-state index contributed by atoms with van der Waals surface area (Å²) in [4.78, 5) is 23.8. The number of nitro groups is 1. The molecule has 0 saturated carbocycles. The van der Waals surface area contributed by atoms with Crippen LogP contribution < -0.4 is 0 Å². The van der Waals surface area contributed by atoms with E-state index in [4.69, 9.17) is 11.6 Å². The highest BCUT2D eigenvalue weighted by Crippen LogP contribution is 2.30. The van der Waals surface area contributed by atoms with E-state index in [1.807, 2.05) is 6.07 Å². The van der Waals surface area contributed by atoms with Crippen LogP contribution in [0.5, 0.6) is 0 Å². The summed E-state index contributed by atoms with van der Waals surface area (Å²) in [5, 5.41) is 20.2. The number of non-ortho nitro benzene ring substituents is 1.